The lowest BCUT2D eigenvalue weighted by atomic mass is 9.88. The Kier molecular flexibility index (Phi) is 4.33. The first-order valence-corrected chi connectivity index (χ1v) is 6.13. The highest BCUT2D eigenvalue weighted by Gasteiger charge is 2.58. The van der Waals surface area contributed by atoms with Gasteiger partial charge in [-0.2, -0.15) is 0 Å². The van der Waals surface area contributed by atoms with Crippen LogP contribution in [0.2, 0.25) is 0 Å². The molecular formula is C13H22O4. The van der Waals surface area contributed by atoms with Crippen molar-refractivity contribution in [1.82, 2.24) is 0 Å². The van der Waals surface area contributed by atoms with Gasteiger partial charge in [0.15, 0.2) is 0 Å². The number of ether oxygens (including phenoxy) is 1. The molecule has 17 heavy (non-hydrogen) atoms. The van der Waals surface area contributed by atoms with Crippen LogP contribution >= 0.6 is 0 Å². The fourth-order valence-corrected chi connectivity index (χ4v) is 1.74. The van der Waals surface area contributed by atoms with Crippen molar-refractivity contribution in [2.45, 2.75) is 64.3 Å². The summed E-state index contributed by atoms with van der Waals surface area (Å²) in [6, 6.07) is 0. The molecule has 2 unspecified atom stereocenters. The number of carbonyl (C=O) groups is 1. The second-order valence-electron chi connectivity index (χ2n) is 4.90. The molecule has 4 nitrogen and oxygen atoms in total. The van der Waals surface area contributed by atoms with E-state index in [1.165, 1.54) is 0 Å². The third kappa shape index (κ3) is 2.69. The lowest BCUT2D eigenvalue weighted by Gasteiger charge is -2.45. The van der Waals surface area contributed by atoms with Gasteiger partial charge in [-0.05, 0) is 32.8 Å². The zero-order chi connectivity index (χ0) is 13.1. The standard InChI is InChI=1S/C13H22O4/c1-6-9-10-13(8-3,17-16-10)11(14)15-12(4,5)7-2/h7,10H,2,6,8-9H2,1,3-5H3. The molecule has 1 fully saturated rings. The van der Waals surface area contributed by atoms with Crippen LogP contribution in [-0.4, -0.2) is 23.3 Å². The molecule has 1 rings (SSSR count). The van der Waals surface area contributed by atoms with Crippen LogP contribution in [0.1, 0.15) is 47.0 Å². The summed E-state index contributed by atoms with van der Waals surface area (Å²) in [5.74, 6) is -0.366. The summed E-state index contributed by atoms with van der Waals surface area (Å²) in [7, 11) is 0. The van der Waals surface area contributed by atoms with Gasteiger partial charge in [0, 0.05) is 0 Å². The number of rotatable bonds is 6. The molecule has 0 N–H and O–H groups in total. The summed E-state index contributed by atoms with van der Waals surface area (Å²) < 4.78 is 5.40. The maximum Gasteiger partial charge on any atom is 0.345 e. The minimum absolute atomic E-state index is 0.203. The summed E-state index contributed by atoms with van der Waals surface area (Å²) >= 11 is 0. The second-order valence-corrected chi connectivity index (χ2v) is 4.90. The minimum atomic E-state index is -0.934. The van der Waals surface area contributed by atoms with Crippen LogP contribution in [0, 0.1) is 0 Å². The molecule has 0 aromatic heterocycles. The molecule has 0 amide bonds. The van der Waals surface area contributed by atoms with Crippen LogP contribution in [-0.2, 0) is 19.3 Å². The summed E-state index contributed by atoms with van der Waals surface area (Å²) in [5, 5.41) is 0. The summed E-state index contributed by atoms with van der Waals surface area (Å²) in [6.45, 7) is 11.2. The van der Waals surface area contributed by atoms with Gasteiger partial charge in [0.05, 0.1) is 0 Å². The molecule has 98 valence electrons. The van der Waals surface area contributed by atoms with Gasteiger partial charge in [0.1, 0.15) is 11.7 Å². The lowest BCUT2D eigenvalue weighted by Crippen LogP contribution is -2.62. The molecule has 1 saturated heterocycles. The van der Waals surface area contributed by atoms with E-state index in [0.717, 1.165) is 12.8 Å². The number of esters is 1. The van der Waals surface area contributed by atoms with Gasteiger partial charge in [-0.15, -0.1) is 0 Å². The Morgan fingerprint density at radius 3 is 2.53 bits per heavy atom. The molecule has 4 heteroatoms. The average molecular weight is 242 g/mol. The smallest absolute Gasteiger partial charge is 0.345 e. The Hall–Kier alpha value is -0.870. The molecule has 0 radical (unpaired) electrons. The zero-order valence-corrected chi connectivity index (χ0v) is 11.1. The fraction of sp³-hybridized carbons (Fsp3) is 0.769. The van der Waals surface area contributed by atoms with Crippen LogP contribution in [0.3, 0.4) is 0 Å². The lowest BCUT2D eigenvalue weighted by molar-refractivity contribution is -0.499. The molecule has 0 aromatic carbocycles. The molecule has 0 saturated carbocycles. The van der Waals surface area contributed by atoms with Gasteiger partial charge in [-0.25, -0.2) is 14.6 Å². The quantitative estimate of drug-likeness (QED) is 0.408. The van der Waals surface area contributed by atoms with Crippen molar-refractivity contribution < 1.29 is 19.3 Å². The predicted molar refractivity (Wildman–Crippen MR) is 64.3 cm³/mol. The molecular weight excluding hydrogens is 220 g/mol. The molecule has 0 bridgehead atoms. The third-order valence-electron chi connectivity index (χ3n) is 3.10. The van der Waals surface area contributed by atoms with E-state index in [9.17, 15) is 4.79 Å². The van der Waals surface area contributed by atoms with Crippen molar-refractivity contribution in [3.63, 3.8) is 0 Å². The Morgan fingerprint density at radius 1 is 1.53 bits per heavy atom. The van der Waals surface area contributed by atoms with Crippen molar-refractivity contribution in [2.24, 2.45) is 0 Å². The SMILES string of the molecule is C=CC(C)(C)OC(=O)C1(CC)OOC1CCC. The zero-order valence-electron chi connectivity index (χ0n) is 11.1. The number of hydrogen-bond donors (Lipinski definition) is 0. The predicted octanol–water partition coefficient (Wildman–Crippen LogP) is 2.77. The van der Waals surface area contributed by atoms with Crippen molar-refractivity contribution in [3.05, 3.63) is 12.7 Å². The average Bonchev–Trinajstić information content (AvgIpc) is 2.25. The van der Waals surface area contributed by atoms with Gasteiger partial charge in [-0.1, -0.05) is 26.8 Å². The number of hydrogen-bond acceptors (Lipinski definition) is 4. The van der Waals surface area contributed by atoms with E-state index >= 15 is 0 Å². The van der Waals surface area contributed by atoms with Gasteiger partial charge < -0.3 is 4.74 Å². The molecule has 0 aliphatic carbocycles. The van der Waals surface area contributed by atoms with Gasteiger partial charge in [-0.3, -0.25) is 0 Å². The summed E-state index contributed by atoms with van der Waals surface area (Å²) in [5.41, 5.74) is -1.62. The van der Waals surface area contributed by atoms with E-state index < -0.39 is 11.2 Å². The highest BCUT2D eigenvalue weighted by molar-refractivity contribution is 5.81. The molecule has 2 atom stereocenters. The van der Waals surface area contributed by atoms with Crippen molar-refractivity contribution in [1.29, 1.82) is 0 Å². The van der Waals surface area contributed by atoms with Crippen LogP contribution in [0.5, 0.6) is 0 Å². The first kappa shape index (κ1) is 14.2. The molecule has 0 aromatic rings. The normalized spacial score (nSPS) is 28.4. The van der Waals surface area contributed by atoms with Crippen LogP contribution in [0.4, 0.5) is 0 Å². The Labute approximate surface area is 103 Å². The molecule has 1 aliphatic rings. The van der Waals surface area contributed by atoms with Crippen molar-refractivity contribution >= 4 is 5.97 Å². The maximum atomic E-state index is 12.2. The van der Waals surface area contributed by atoms with Crippen LogP contribution < -0.4 is 0 Å². The third-order valence-corrected chi connectivity index (χ3v) is 3.10. The van der Waals surface area contributed by atoms with E-state index in [4.69, 9.17) is 14.5 Å². The van der Waals surface area contributed by atoms with Crippen LogP contribution in [0.15, 0.2) is 12.7 Å². The second kappa shape index (κ2) is 5.19. The van der Waals surface area contributed by atoms with E-state index in [2.05, 4.69) is 6.58 Å². The van der Waals surface area contributed by atoms with Crippen molar-refractivity contribution in [2.75, 3.05) is 0 Å². The molecule has 0 spiro atoms. The number of carbonyl (C=O) groups excluding carboxylic acids is 1. The maximum absolute atomic E-state index is 12.2. The topological polar surface area (TPSA) is 44.8 Å². The largest absolute Gasteiger partial charge is 0.453 e. The summed E-state index contributed by atoms with van der Waals surface area (Å²) in [4.78, 5) is 22.3. The van der Waals surface area contributed by atoms with Crippen LogP contribution in [0.25, 0.3) is 0 Å². The van der Waals surface area contributed by atoms with Gasteiger partial charge in [0.25, 0.3) is 0 Å². The fourth-order valence-electron chi connectivity index (χ4n) is 1.74. The van der Waals surface area contributed by atoms with Crippen molar-refractivity contribution in [3.8, 4) is 0 Å². The van der Waals surface area contributed by atoms with Gasteiger partial charge in [0.2, 0.25) is 5.60 Å². The highest BCUT2D eigenvalue weighted by Crippen LogP contribution is 2.38. The Balaban J connectivity index is 2.74. The monoisotopic (exact) mass is 242 g/mol. The van der Waals surface area contributed by atoms with E-state index in [1.807, 2.05) is 13.8 Å². The van der Waals surface area contributed by atoms with E-state index in [0.29, 0.717) is 6.42 Å². The molecule has 1 heterocycles. The first-order valence-electron chi connectivity index (χ1n) is 6.13. The highest BCUT2D eigenvalue weighted by atomic mass is 17.3. The minimum Gasteiger partial charge on any atom is -0.453 e. The van der Waals surface area contributed by atoms with E-state index in [-0.39, 0.29) is 12.1 Å². The Bertz CT molecular complexity index is 294. The van der Waals surface area contributed by atoms with Gasteiger partial charge >= 0.3 is 5.97 Å². The molecule has 1 aliphatic heterocycles. The van der Waals surface area contributed by atoms with E-state index in [1.54, 1.807) is 19.9 Å². The Morgan fingerprint density at radius 2 is 2.18 bits per heavy atom. The first-order chi connectivity index (χ1) is 7.91. The summed E-state index contributed by atoms with van der Waals surface area (Å²) in [6.07, 6.45) is 3.67.